The van der Waals surface area contributed by atoms with Crippen molar-refractivity contribution in [1.82, 2.24) is 5.32 Å². The highest BCUT2D eigenvalue weighted by Crippen LogP contribution is 2.46. The number of rotatable bonds is 4. The van der Waals surface area contributed by atoms with Crippen LogP contribution in [0.2, 0.25) is 0 Å². The number of fused-ring (bicyclic) bond motifs is 2. The summed E-state index contributed by atoms with van der Waals surface area (Å²) in [6.07, 6.45) is 5.70. The molecule has 1 unspecified atom stereocenters. The number of benzene rings is 1. The van der Waals surface area contributed by atoms with Crippen molar-refractivity contribution in [2.24, 2.45) is 0 Å². The van der Waals surface area contributed by atoms with Crippen LogP contribution in [0.5, 0.6) is 11.5 Å². The lowest BCUT2D eigenvalue weighted by Gasteiger charge is -2.34. The molecule has 4 aliphatic rings. The molecule has 2 aliphatic carbocycles. The minimum absolute atomic E-state index is 0.0380. The summed E-state index contributed by atoms with van der Waals surface area (Å²) in [4.78, 5) is 41.1. The number of nitrogens with one attached hydrogen (secondary N) is 2. The van der Waals surface area contributed by atoms with E-state index in [2.05, 4.69) is 10.6 Å². The van der Waals surface area contributed by atoms with Gasteiger partial charge in [0.15, 0.2) is 17.3 Å². The molecule has 1 aromatic carbocycles. The lowest BCUT2D eigenvalue weighted by molar-refractivity contribution is -0.116. The third kappa shape index (κ3) is 4.01. The van der Waals surface area contributed by atoms with Gasteiger partial charge in [-0.1, -0.05) is 6.07 Å². The first-order valence-corrected chi connectivity index (χ1v) is 13.5. The summed E-state index contributed by atoms with van der Waals surface area (Å²) in [5.41, 5.74) is 4.85. The molecular weight excluding hydrogens is 492 g/mol. The Hall–Kier alpha value is -3.59. The van der Waals surface area contributed by atoms with Crippen molar-refractivity contribution in [2.45, 2.75) is 57.8 Å². The molecule has 192 valence electrons. The zero-order valence-corrected chi connectivity index (χ0v) is 21.6. The minimum atomic E-state index is -0.560. The van der Waals surface area contributed by atoms with E-state index in [-0.39, 0.29) is 18.5 Å². The van der Waals surface area contributed by atoms with Gasteiger partial charge in [0.2, 0.25) is 6.79 Å². The molecule has 0 bridgehead atoms. The fraction of sp³-hybridized carbons (Fsp3) is 0.393. The van der Waals surface area contributed by atoms with Crippen LogP contribution < -0.4 is 20.1 Å². The predicted octanol–water partition coefficient (Wildman–Crippen LogP) is 4.75. The van der Waals surface area contributed by atoms with Gasteiger partial charge < -0.3 is 24.8 Å². The standard InChI is InChI=1S/C28H28N2O6S/c1-14-22(26(32)30-27-24(28(33)34-2)16-6-3-4-9-21(16)37-27)23(25-17(29-14)7-5-8-18(25)31)15-10-11-19-20(12-15)36-13-35-19/h10-12,23,29H,3-9,13H2,1-2H3,(H,30,32). The Morgan fingerprint density at radius 3 is 2.73 bits per heavy atom. The van der Waals surface area contributed by atoms with E-state index in [1.165, 1.54) is 18.4 Å². The number of allylic oxidation sites excluding steroid dienone is 3. The highest BCUT2D eigenvalue weighted by molar-refractivity contribution is 7.17. The first kappa shape index (κ1) is 23.8. The van der Waals surface area contributed by atoms with Gasteiger partial charge in [-0.15, -0.1) is 11.3 Å². The highest BCUT2D eigenvalue weighted by Gasteiger charge is 2.39. The summed E-state index contributed by atoms with van der Waals surface area (Å²) in [5.74, 6) is -0.0766. The number of ether oxygens (including phenoxy) is 3. The van der Waals surface area contributed by atoms with Gasteiger partial charge in [-0.05, 0) is 68.7 Å². The molecular formula is C28H28N2O6S. The predicted molar refractivity (Wildman–Crippen MR) is 138 cm³/mol. The van der Waals surface area contributed by atoms with Crippen molar-refractivity contribution in [1.29, 1.82) is 0 Å². The molecule has 8 nitrogen and oxygen atoms in total. The van der Waals surface area contributed by atoms with Crippen LogP contribution in [0.3, 0.4) is 0 Å². The summed E-state index contributed by atoms with van der Waals surface area (Å²) in [5, 5.41) is 6.89. The molecule has 9 heteroatoms. The van der Waals surface area contributed by atoms with Crippen LogP contribution in [0.1, 0.15) is 71.3 Å². The molecule has 3 heterocycles. The average Bonchev–Trinajstić information content (AvgIpc) is 3.51. The number of carbonyl (C=O) groups is 3. The maximum atomic E-state index is 14.0. The number of aryl methyl sites for hydroxylation is 1. The molecule has 2 aliphatic heterocycles. The summed E-state index contributed by atoms with van der Waals surface area (Å²) < 4.78 is 16.2. The monoisotopic (exact) mass is 520 g/mol. The summed E-state index contributed by atoms with van der Waals surface area (Å²) >= 11 is 1.44. The van der Waals surface area contributed by atoms with Crippen molar-refractivity contribution < 1.29 is 28.6 Å². The largest absolute Gasteiger partial charge is 0.465 e. The first-order valence-electron chi connectivity index (χ1n) is 12.6. The second-order valence-electron chi connectivity index (χ2n) is 9.74. The lowest BCUT2D eigenvalue weighted by atomic mass is 9.75. The first-order chi connectivity index (χ1) is 18.0. The van der Waals surface area contributed by atoms with E-state index in [9.17, 15) is 14.4 Å². The zero-order valence-electron chi connectivity index (χ0n) is 20.8. The maximum absolute atomic E-state index is 14.0. The molecule has 2 N–H and O–H groups in total. The van der Waals surface area contributed by atoms with Gasteiger partial charge >= 0.3 is 5.97 Å². The maximum Gasteiger partial charge on any atom is 0.341 e. The number of thiophene rings is 1. The number of hydrogen-bond acceptors (Lipinski definition) is 8. The van der Waals surface area contributed by atoms with E-state index in [1.54, 1.807) is 0 Å². The number of esters is 1. The van der Waals surface area contributed by atoms with Crippen LogP contribution in [0.15, 0.2) is 40.7 Å². The van der Waals surface area contributed by atoms with Gasteiger partial charge in [-0.3, -0.25) is 9.59 Å². The van der Waals surface area contributed by atoms with Crippen LogP contribution in [0.25, 0.3) is 0 Å². The van der Waals surface area contributed by atoms with Gasteiger partial charge in [-0.25, -0.2) is 4.79 Å². The number of dihydropyridines is 1. The van der Waals surface area contributed by atoms with Gasteiger partial charge in [-0.2, -0.15) is 0 Å². The van der Waals surface area contributed by atoms with Crippen LogP contribution in [-0.4, -0.2) is 31.6 Å². The topological polar surface area (TPSA) is 103 Å². The van der Waals surface area contributed by atoms with Gasteiger partial charge in [0, 0.05) is 39.8 Å². The van der Waals surface area contributed by atoms with Gasteiger partial charge in [0.05, 0.1) is 12.7 Å². The van der Waals surface area contributed by atoms with Crippen molar-refractivity contribution in [2.75, 3.05) is 19.2 Å². The summed E-state index contributed by atoms with van der Waals surface area (Å²) in [6.45, 7) is 2.00. The second-order valence-corrected chi connectivity index (χ2v) is 10.8. The Labute approximate surface area is 218 Å². The van der Waals surface area contributed by atoms with Crippen molar-refractivity contribution in [3.05, 3.63) is 62.3 Å². The molecule has 0 saturated heterocycles. The fourth-order valence-corrected chi connectivity index (χ4v) is 7.13. The number of Topliss-reactive ketones (excluding diaryl/α,β-unsaturated/α-hetero) is 1. The molecule has 6 rings (SSSR count). The second kappa shape index (κ2) is 9.37. The van der Waals surface area contributed by atoms with Crippen LogP contribution in [0, 0.1) is 0 Å². The van der Waals surface area contributed by atoms with E-state index in [4.69, 9.17) is 14.2 Å². The average molecular weight is 521 g/mol. The molecule has 0 saturated carbocycles. The number of ketones is 1. The van der Waals surface area contributed by atoms with Gasteiger partial charge in [0.1, 0.15) is 5.00 Å². The molecule has 37 heavy (non-hydrogen) atoms. The quantitative estimate of drug-likeness (QED) is 0.561. The Kier molecular flexibility index (Phi) is 6.03. The van der Waals surface area contributed by atoms with Crippen molar-refractivity contribution >= 4 is 34.0 Å². The molecule has 1 aromatic heterocycles. The fourth-order valence-electron chi connectivity index (χ4n) is 5.85. The van der Waals surface area contributed by atoms with Crippen LogP contribution in [0.4, 0.5) is 5.00 Å². The Balaban J connectivity index is 1.43. The smallest absolute Gasteiger partial charge is 0.341 e. The Bertz CT molecular complexity index is 1400. The third-order valence-electron chi connectivity index (χ3n) is 7.54. The minimum Gasteiger partial charge on any atom is -0.465 e. The molecule has 2 aromatic rings. The van der Waals surface area contributed by atoms with Crippen LogP contribution in [-0.2, 0) is 27.2 Å². The summed E-state index contributed by atoms with van der Waals surface area (Å²) in [6, 6.07) is 5.57. The van der Waals surface area contributed by atoms with Crippen LogP contribution >= 0.6 is 11.3 Å². The number of carbonyl (C=O) groups excluding carboxylic acids is 3. The normalized spacial score (nSPS) is 20.3. The number of anilines is 1. The molecule has 0 fully saturated rings. The molecule has 1 atom stereocenters. The van der Waals surface area contributed by atoms with Crippen molar-refractivity contribution in [3.63, 3.8) is 0 Å². The number of methoxy groups -OCH3 is 1. The SMILES string of the molecule is COC(=O)c1c(NC(=O)C2=C(C)NC3=C(C(=O)CCC3)C2c2ccc3c(c2)OCO3)sc2c1CCCC2. The van der Waals surface area contributed by atoms with Gasteiger partial charge in [0.25, 0.3) is 5.91 Å². The van der Waals surface area contributed by atoms with Crippen molar-refractivity contribution in [3.8, 4) is 11.5 Å². The Morgan fingerprint density at radius 2 is 1.89 bits per heavy atom. The highest BCUT2D eigenvalue weighted by atomic mass is 32.1. The molecule has 0 radical (unpaired) electrons. The Morgan fingerprint density at radius 1 is 1.08 bits per heavy atom. The zero-order chi connectivity index (χ0) is 25.7. The molecule has 0 spiro atoms. The number of amides is 1. The van der Waals surface area contributed by atoms with E-state index in [1.807, 2.05) is 25.1 Å². The van der Waals surface area contributed by atoms with E-state index in [0.29, 0.717) is 45.3 Å². The van der Waals surface area contributed by atoms with E-state index < -0.39 is 11.9 Å². The van der Waals surface area contributed by atoms with E-state index in [0.717, 1.165) is 60.2 Å². The van der Waals surface area contributed by atoms with E-state index >= 15 is 0 Å². The molecule has 1 amide bonds. The number of hydrogen-bond donors (Lipinski definition) is 2. The third-order valence-corrected chi connectivity index (χ3v) is 8.75. The lowest BCUT2D eigenvalue weighted by Crippen LogP contribution is -2.35. The summed E-state index contributed by atoms with van der Waals surface area (Å²) in [7, 11) is 1.36.